The predicted octanol–water partition coefficient (Wildman–Crippen LogP) is 2.83. The van der Waals surface area contributed by atoms with E-state index in [4.69, 9.17) is 4.42 Å². The molecule has 16 heavy (non-hydrogen) atoms. The van der Waals surface area contributed by atoms with Gasteiger partial charge in [-0.1, -0.05) is 0 Å². The van der Waals surface area contributed by atoms with Crippen molar-refractivity contribution in [2.24, 2.45) is 0 Å². The van der Waals surface area contributed by atoms with Gasteiger partial charge in [-0.05, 0) is 32.9 Å². The van der Waals surface area contributed by atoms with Crippen molar-refractivity contribution in [1.82, 2.24) is 4.98 Å². The number of pyridine rings is 1. The van der Waals surface area contributed by atoms with Crippen LogP contribution in [0, 0.1) is 20.8 Å². The standard InChI is InChI=1S/C13H13NO2/c1-8-9(2)16-10(3)12(8)13(15)11-5-4-6-14-7-11/h4-7H,1-3H3. The van der Waals surface area contributed by atoms with Gasteiger partial charge < -0.3 is 4.42 Å². The van der Waals surface area contributed by atoms with Gasteiger partial charge in [0, 0.05) is 23.5 Å². The maximum atomic E-state index is 12.2. The lowest BCUT2D eigenvalue weighted by Crippen LogP contribution is -2.03. The molecule has 3 nitrogen and oxygen atoms in total. The molecule has 0 saturated heterocycles. The van der Waals surface area contributed by atoms with Gasteiger partial charge in [0.2, 0.25) is 0 Å². The number of aryl methyl sites for hydroxylation is 2. The van der Waals surface area contributed by atoms with Gasteiger partial charge in [-0.3, -0.25) is 9.78 Å². The molecule has 0 amide bonds. The molecule has 2 rings (SSSR count). The van der Waals surface area contributed by atoms with Gasteiger partial charge in [-0.15, -0.1) is 0 Å². The minimum Gasteiger partial charge on any atom is -0.466 e. The summed E-state index contributed by atoms with van der Waals surface area (Å²) in [5, 5.41) is 0. The molecule has 0 atom stereocenters. The molecule has 0 aliphatic heterocycles. The van der Waals surface area contributed by atoms with E-state index < -0.39 is 0 Å². The maximum Gasteiger partial charge on any atom is 0.198 e. The zero-order valence-corrected chi connectivity index (χ0v) is 9.57. The van der Waals surface area contributed by atoms with Crippen LogP contribution in [0.2, 0.25) is 0 Å². The average molecular weight is 215 g/mol. The fourth-order valence-corrected chi connectivity index (χ4v) is 1.77. The van der Waals surface area contributed by atoms with Crippen molar-refractivity contribution < 1.29 is 9.21 Å². The number of carbonyl (C=O) groups is 1. The second kappa shape index (κ2) is 3.93. The zero-order valence-electron chi connectivity index (χ0n) is 9.57. The highest BCUT2D eigenvalue weighted by Crippen LogP contribution is 2.23. The Bertz CT molecular complexity index is 526. The van der Waals surface area contributed by atoms with Crippen molar-refractivity contribution in [3.8, 4) is 0 Å². The quantitative estimate of drug-likeness (QED) is 0.723. The molecule has 0 unspecified atom stereocenters. The van der Waals surface area contributed by atoms with Gasteiger partial charge in [0.1, 0.15) is 11.5 Å². The highest BCUT2D eigenvalue weighted by molar-refractivity contribution is 6.10. The highest BCUT2D eigenvalue weighted by Gasteiger charge is 2.19. The van der Waals surface area contributed by atoms with Crippen molar-refractivity contribution in [3.05, 3.63) is 52.7 Å². The van der Waals surface area contributed by atoms with Gasteiger partial charge in [-0.25, -0.2) is 0 Å². The summed E-state index contributed by atoms with van der Waals surface area (Å²) in [6, 6.07) is 3.52. The Balaban J connectivity index is 2.50. The molecular formula is C13H13NO2. The first-order valence-corrected chi connectivity index (χ1v) is 5.12. The highest BCUT2D eigenvalue weighted by atomic mass is 16.3. The summed E-state index contributed by atoms with van der Waals surface area (Å²) in [6.45, 7) is 5.57. The Morgan fingerprint density at radius 2 is 2.00 bits per heavy atom. The van der Waals surface area contributed by atoms with Gasteiger partial charge in [0.25, 0.3) is 0 Å². The van der Waals surface area contributed by atoms with E-state index in [1.165, 1.54) is 0 Å². The van der Waals surface area contributed by atoms with E-state index in [0.29, 0.717) is 16.9 Å². The SMILES string of the molecule is Cc1oc(C)c(C(=O)c2cccnc2)c1C. The Morgan fingerprint density at radius 1 is 1.25 bits per heavy atom. The molecule has 2 aromatic rings. The van der Waals surface area contributed by atoms with Crippen LogP contribution in [0.15, 0.2) is 28.9 Å². The van der Waals surface area contributed by atoms with Crippen molar-refractivity contribution in [1.29, 1.82) is 0 Å². The van der Waals surface area contributed by atoms with Crippen LogP contribution in [0.3, 0.4) is 0 Å². The first-order valence-electron chi connectivity index (χ1n) is 5.12. The normalized spacial score (nSPS) is 10.4. The first kappa shape index (κ1) is 10.6. The molecule has 0 spiro atoms. The predicted molar refractivity (Wildman–Crippen MR) is 60.6 cm³/mol. The van der Waals surface area contributed by atoms with Crippen molar-refractivity contribution in [2.75, 3.05) is 0 Å². The van der Waals surface area contributed by atoms with E-state index in [2.05, 4.69) is 4.98 Å². The lowest BCUT2D eigenvalue weighted by molar-refractivity contribution is 0.103. The number of furan rings is 1. The first-order chi connectivity index (χ1) is 7.61. The molecule has 0 radical (unpaired) electrons. The molecule has 0 bridgehead atoms. The van der Waals surface area contributed by atoms with Crippen LogP contribution in [0.4, 0.5) is 0 Å². The Morgan fingerprint density at radius 3 is 2.50 bits per heavy atom. The topological polar surface area (TPSA) is 43.1 Å². The number of hydrogen-bond donors (Lipinski definition) is 0. The van der Waals surface area contributed by atoms with E-state index in [0.717, 1.165) is 11.3 Å². The molecule has 82 valence electrons. The number of rotatable bonds is 2. The molecular weight excluding hydrogens is 202 g/mol. The summed E-state index contributed by atoms with van der Waals surface area (Å²) >= 11 is 0. The van der Waals surface area contributed by atoms with Gasteiger partial charge in [0.05, 0.1) is 5.56 Å². The van der Waals surface area contributed by atoms with E-state index in [1.54, 1.807) is 24.5 Å². The number of hydrogen-bond acceptors (Lipinski definition) is 3. The van der Waals surface area contributed by atoms with Crippen LogP contribution in [0.25, 0.3) is 0 Å². The van der Waals surface area contributed by atoms with Crippen LogP contribution < -0.4 is 0 Å². The maximum absolute atomic E-state index is 12.2. The Labute approximate surface area is 94.1 Å². The summed E-state index contributed by atoms with van der Waals surface area (Å²) in [7, 11) is 0. The molecule has 2 heterocycles. The summed E-state index contributed by atoms with van der Waals surface area (Å²) in [6.07, 6.45) is 3.22. The number of aromatic nitrogens is 1. The Kier molecular flexibility index (Phi) is 2.60. The Hall–Kier alpha value is -1.90. The number of nitrogens with zero attached hydrogens (tertiary/aromatic N) is 1. The van der Waals surface area contributed by atoms with E-state index >= 15 is 0 Å². The van der Waals surface area contributed by atoms with Crippen LogP contribution in [0.1, 0.15) is 33.0 Å². The molecule has 0 aliphatic carbocycles. The van der Waals surface area contributed by atoms with Crippen LogP contribution >= 0.6 is 0 Å². The van der Waals surface area contributed by atoms with E-state index in [-0.39, 0.29) is 5.78 Å². The van der Waals surface area contributed by atoms with Crippen molar-refractivity contribution in [3.63, 3.8) is 0 Å². The van der Waals surface area contributed by atoms with Crippen LogP contribution in [0.5, 0.6) is 0 Å². The molecule has 0 aliphatic rings. The number of carbonyl (C=O) groups excluding carboxylic acids is 1. The van der Waals surface area contributed by atoms with Crippen LogP contribution in [-0.4, -0.2) is 10.8 Å². The molecule has 0 saturated carbocycles. The fraction of sp³-hybridized carbons (Fsp3) is 0.231. The third-order valence-electron chi connectivity index (χ3n) is 2.71. The van der Waals surface area contributed by atoms with Gasteiger partial charge >= 0.3 is 0 Å². The van der Waals surface area contributed by atoms with Crippen LogP contribution in [-0.2, 0) is 0 Å². The van der Waals surface area contributed by atoms with Crippen molar-refractivity contribution in [2.45, 2.75) is 20.8 Å². The lowest BCUT2D eigenvalue weighted by atomic mass is 10.0. The zero-order chi connectivity index (χ0) is 11.7. The summed E-state index contributed by atoms with van der Waals surface area (Å²) < 4.78 is 5.45. The molecule has 0 fully saturated rings. The minimum absolute atomic E-state index is 0.0278. The second-order valence-corrected chi connectivity index (χ2v) is 3.79. The summed E-state index contributed by atoms with van der Waals surface area (Å²) in [5.41, 5.74) is 2.16. The van der Waals surface area contributed by atoms with E-state index in [1.807, 2.05) is 20.8 Å². The minimum atomic E-state index is -0.0278. The van der Waals surface area contributed by atoms with E-state index in [9.17, 15) is 4.79 Å². The summed E-state index contributed by atoms with van der Waals surface area (Å²) in [4.78, 5) is 16.1. The van der Waals surface area contributed by atoms with Gasteiger partial charge in [-0.2, -0.15) is 0 Å². The molecule has 0 N–H and O–H groups in total. The second-order valence-electron chi connectivity index (χ2n) is 3.79. The monoisotopic (exact) mass is 215 g/mol. The summed E-state index contributed by atoms with van der Waals surface area (Å²) in [5.74, 6) is 1.44. The molecule has 0 aromatic carbocycles. The third-order valence-corrected chi connectivity index (χ3v) is 2.71. The lowest BCUT2D eigenvalue weighted by Gasteiger charge is -1.99. The third kappa shape index (κ3) is 1.65. The van der Waals surface area contributed by atoms with Crippen molar-refractivity contribution >= 4 is 5.78 Å². The molecule has 2 aromatic heterocycles. The largest absolute Gasteiger partial charge is 0.466 e. The molecule has 3 heteroatoms. The van der Waals surface area contributed by atoms with Gasteiger partial charge in [0.15, 0.2) is 5.78 Å². The smallest absolute Gasteiger partial charge is 0.198 e. The fourth-order valence-electron chi connectivity index (χ4n) is 1.77. The average Bonchev–Trinajstić information content (AvgIpc) is 2.54. The number of ketones is 1.